The highest BCUT2D eigenvalue weighted by Crippen LogP contribution is 2.23. The molecule has 0 aliphatic rings. The van der Waals surface area contributed by atoms with E-state index in [1.807, 2.05) is 20.8 Å². The SMILES string of the molecule is C=CC(C)(C)C(O)CC. The number of aliphatic hydroxyl groups is 1. The summed E-state index contributed by atoms with van der Waals surface area (Å²) < 4.78 is 0. The van der Waals surface area contributed by atoms with Gasteiger partial charge in [-0.2, -0.15) is 0 Å². The van der Waals surface area contributed by atoms with Crippen molar-refractivity contribution in [1.29, 1.82) is 0 Å². The molecule has 9 heavy (non-hydrogen) atoms. The van der Waals surface area contributed by atoms with Gasteiger partial charge in [0.05, 0.1) is 6.10 Å². The van der Waals surface area contributed by atoms with E-state index in [1.165, 1.54) is 0 Å². The summed E-state index contributed by atoms with van der Waals surface area (Å²) in [5.41, 5.74) is -0.130. The molecule has 0 aliphatic heterocycles. The predicted molar refractivity (Wildman–Crippen MR) is 40.3 cm³/mol. The second kappa shape index (κ2) is 3.02. The van der Waals surface area contributed by atoms with Gasteiger partial charge >= 0.3 is 0 Å². The van der Waals surface area contributed by atoms with Gasteiger partial charge < -0.3 is 5.11 Å². The molecule has 0 amide bonds. The molecule has 1 unspecified atom stereocenters. The maximum absolute atomic E-state index is 9.31. The Kier molecular flexibility index (Phi) is 2.92. The van der Waals surface area contributed by atoms with Gasteiger partial charge in [-0.05, 0) is 6.42 Å². The summed E-state index contributed by atoms with van der Waals surface area (Å²) in [6, 6.07) is 0. The van der Waals surface area contributed by atoms with Crippen molar-refractivity contribution in [3.8, 4) is 0 Å². The lowest BCUT2D eigenvalue weighted by Crippen LogP contribution is -2.25. The lowest BCUT2D eigenvalue weighted by atomic mass is 9.85. The molecule has 1 nitrogen and oxygen atoms in total. The predicted octanol–water partition coefficient (Wildman–Crippen LogP) is 1.97. The highest BCUT2D eigenvalue weighted by Gasteiger charge is 2.21. The lowest BCUT2D eigenvalue weighted by molar-refractivity contribution is 0.0788. The van der Waals surface area contributed by atoms with Gasteiger partial charge in [-0.25, -0.2) is 0 Å². The molecule has 0 aromatic rings. The molecule has 54 valence electrons. The van der Waals surface area contributed by atoms with Crippen LogP contribution in [0.15, 0.2) is 12.7 Å². The number of rotatable bonds is 3. The number of aliphatic hydroxyl groups excluding tert-OH is 1. The third kappa shape index (κ3) is 2.19. The minimum atomic E-state index is -0.255. The van der Waals surface area contributed by atoms with Crippen LogP contribution in [0.2, 0.25) is 0 Å². The summed E-state index contributed by atoms with van der Waals surface area (Å²) in [5.74, 6) is 0. The maximum atomic E-state index is 9.31. The Bertz CT molecular complexity index is 94.7. The first-order valence-electron chi connectivity index (χ1n) is 3.36. The molecule has 0 spiro atoms. The fourth-order valence-electron chi connectivity index (χ4n) is 0.662. The molecule has 0 radical (unpaired) electrons. The summed E-state index contributed by atoms with van der Waals surface area (Å²) in [6.45, 7) is 9.57. The van der Waals surface area contributed by atoms with Crippen molar-refractivity contribution in [3.05, 3.63) is 12.7 Å². The minimum Gasteiger partial charge on any atom is -0.392 e. The highest BCUT2D eigenvalue weighted by atomic mass is 16.3. The van der Waals surface area contributed by atoms with Gasteiger partial charge in [-0.1, -0.05) is 26.8 Å². The average molecular weight is 128 g/mol. The molecule has 1 atom stereocenters. The van der Waals surface area contributed by atoms with E-state index in [2.05, 4.69) is 6.58 Å². The van der Waals surface area contributed by atoms with E-state index >= 15 is 0 Å². The van der Waals surface area contributed by atoms with E-state index in [9.17, 15) is 5.11 Å². The van der Waals surface area contributed by atoms with Crippen molar-refractivity contribution in [1.82, 2.24) is 0 Å². The van der Waals surface area contributed by atoms with Crippen LogP contribution in [0.25, 0.3) is 0 Å². The van der Waals surface area contributed by atoms with Crippen molar-refractivity contribution in [2.24, 2.45) is 5.41 Å². The van der Waals surface area contributed by atoms with E-state index in [-0.39, 0.29) is 11.5 Å². The van der Waals surface area contributed by atoms with Crippen LogP contribution < -0.4 is 0 Å². The third-order valence-corrected chi connectivity index (χ3v) is 1.77. The summed E-state index contributed by atoms with van der Waals surface area (Å²) >= 11 is 0. The average Bonchev–Trinajstić information content (AvgIpc) is 1.86. The van der Waals surface area contributed by atoms with Crippen molar-refractivity contribution in [2.45, 2.75) is 33.3 Å². The van der Waals surface area contributed by atoms with E-state index in [0.717, 1.165) is 6.42 Å². The molecule has 1 N–H and O–H groups in total. The molecule has 0 saturated heterocycles. The highest BCUT2D eigenvalue weighted by molar-refractivity contribution is 4.92. The largest absolute Gasteiger partial charge is 0.392 e. The van der Waals surface area contributed by atoms with Gasteiger partial charge in [0.15, 0.2) is 0 Å². The second-order valence-electron chi connectivity index (χ2n) is 2.95. The Morgan fingerprint density at radius 2 is 2.11 bits per heavy atom. The normalized spacial score (nSPS) is 15.1. The van der Waals surface area contributed by atoms with Gasteiger partial charge in [0.25, 0.3) is 0 Å². The summed E-state index contributed by atoms with van der Waals surface area (Å²) in [4.78, 5) is 0. The summed E-state index contributed by atoms with van der Waals surface area (Å²) in [7, 11) is 0. The molecule has 0 heterocycles. The van der Waals surface area contributed by atoms with Crippen LogP contribution in [0.5, 0.6) is 0 Å². The van der Waals surface area contributed by atoms with Crippen molar-refractivity contribution < 1.29 is 5.11 Å². The molecular formula is C8H16O. The zero-order chi connectivity index (χ0) is 7.49. The zero-order valence-electron chi connectivity index (χ0n) is 6.52. The van der Waals surface area contributed by atoms with E-state index < -0.39 is 0 Å². The fourth-order valence-corrected chi connectivity index (χ4v) is 0.662. The second-order valence-corrected chi connectivity index (χ2v) is 2.95. The Balaban J connectivity index is 3.95. The van der Waals surface area contributed by atoms with E-state index in [0.29, 0.717) is 0 Å². The van der Waals surface area contributed by atoms with Crippen LogP contribution in [0, 0.1) is 5.41 Å². The molecule has 1 heteroatoms. The molecule has 0 bridgehead atoms. The lowest BCUT2D eigenvalue weighted by Gasteiger charge is -2.25. The van der Waals surface area contributed by atoms with Crippen LogP contribution >= 0.6 is 0 Å². The number of hydrogen-bond donors (Lipinski definition) is 1. The quantitative estimate of drug-likeness (QED) is 0.576. The Morgan fingerprint density at radius 1 is 1.67 bits per heavy atom. The summed E-state index contributed by atoms with van der Waals surface area (Å²) in [6.07, 6.45) is 2.33. The molecular weight excluding hydrogens is 112 g/mol. The van der Waals surface area contributed by atoms with Gasteiger partial charge in [-0.15, -0.1) is 6.58 Å². The van der Waals surface area contributed by atoms with Crippen LogP contribution in [0.3, 0.4) is 0 Å². The van der Waals surface area contributed by atoms with Gasteiger partial charge in [0.1, 0.15) is 0 Å². The van der Waals surface area contributed by atoms with Crippen LogP contribution in [0.1, 0.15) is 27.2 Å². The third-order valence-electron chi connectivity index (χ3n) is 1.77. The van der Waals surface area contributed by atoms with Crippen molar-refractivity contribution in [3.63, 3.8) is 0 Å². The number of hydrogen-bond acceptors (Lipinski definition) is 1. The smallest absolute Gasteiger partial charge is 0.0622 e. The fraction of sp³-hybridized carbons (Fsp3) is 0.750. The monoisotopic (exact) mass is 128 g/mol. The Labute approximate surface area is 57.4 Å². The topological polar surface area (TPSA) is 20.2 Å². The standard InChI is InChI=1S/C8H16O/c1-5-7(9)8(3,4)6-2/h6-7,9H,2,5H2,1,3-4H3. The van der Waals surface area contributed by atoms with Crippen LogP contribution in [-0.4, -0.2) is 11.2 Å². The van der Waals surface area contributed by atoms with Gasteiger partial charge in [0, 0.05) is 5.41 Å². The van der Waals surface area contributed by atoms with Gasteiger partial charge in [0.2, 0.25) is 0 Å². The Hall–Kier alpha value is -0.300. The van der Waals surface area contributed by atoms with E-state index in [1.54, 1.807) is 6.08 Å². The maximum Gasteiger partial charge on any atom is 0.0622 e. The first kappa shape index (κ1) is 8.70. The molecule has 0 saturated carbocycles. The molecule has 0 aromatic carbocycles. The Morgan fingerprint density at radius 3 is 2.22 bits per heavy atom. The van der Waals surface area contributed by atoms with Crippen molar-refractivity contribution in [2.75, 3.05) is 0 Å². The van der Waals surface area contributed by atoms with Gasteiger partial charge in [-0.3, -0.25) is 0 Å². The molecule has 0 aliphatic carbocycles. The van der Waals surface area contributed by atoms with Crippen molar-refractivity contribution >= 4 is 0 Å². The van der Waals surface area contributed by atoms with E-state index in [4.69, 9.17) is 0 Å². The first-order valence-corrected chi connectivity index (χ1v) is 3.36. The summed E-state index contributed by atoms with van der Waals surface area (Å²) in [5, 5.41) is 9.31. The first-order chi connectivity index (χ1) is 4.04. The van der Waals surface area contributed by atoms with Crippen LogP contribution in [-0.2, 0) is 0 Å². The van der Waals surface area contributed by atoms with Crippen LogP contribution in [0.4, 0.5) is 0 Å². The molecule has 0 rings (SSSR count). The minimum absolute atomic E-state index is 0.130. The zero-order valence-corrected chi connectivity index (χ0v) is 6.52. The molecule has 0 fully saturated rings. The molecule has 0 aromatic heterocycles.